The van der Waals surface area contributed by atoms with Crippen LogP contribution < -0.4 is 10.1 Å². The van der Waals surface area contributed by atoms with E-state index in [0.29, 0.717) is 25.1 Å². The van der Waals surface area contributed by atoms with Crippen LogP contribution in [0.25, 0.3) is 0 Å². The molecular formula is C25H32N2O4S. The highest BCUT2D eigenvalue weighted by Gasteiger charge is 2.39. The first-order valence-electron chi connectivity index (χ1n) is 11.6. The second-order valence-corrected chi connectivity index (χ2v) is 10.7. The lowest BCUT2D eigenvalue weighted by Crippen LogP contribution is -2.44. The van der Waals surface area contributed by atoms with E-state index in [2.05, 4.69) is 19.2 Å². The summed E-state index contributed by atoms with van der Waals surface area (Å²) >= 11 is 0. The van der Waals surface area contributed by atoms with Gasteiger partial charge >= 0.3 is 0 Å². The van der Waals surface area contributed by atoms with Gasteiger partial charge in [0.05, 0.1) is 10.9 Å². The lowest BCUT2D eigenvalue weighted by molar-refractivity contribution is 0.0227. The van der Waals surface area contributed by atoms with Crippen molar-refractivity contribution >= 4 is 15.9 Å². The first-order valence-corrected chi connectivity index (χ1v) is 13.0. The van der Waals surface area contributed by atoms with E-state index in [-0.39, 0.29) is 22.4 Å². The van der Waals surface area contributed by atoms with Gasteiger partial charge in [0.15, 0.2) is 0 Å². The van der Waals surface area contributed by atoms with Crippen molar-refractivity contribution in [3.8, 4) is 5.75 Å². The summed E-state index contributed by atoms with van der Waals surface area (Å²) in [6.07, 6.45) is 5.16. The summed E-state index contributed by atoms with van der Waals surface area (Å²) in [4.78, 5) is 13.4. The molecular weight excluding hydrogens is 424 g/mol. The normalized spacial score (nSPS) is 20.8. The van der Waals surface area contributed by atoms with E-state index in [0.717, 1.165) is 43.4 Å². The van der Waals surface area contributed by atoms with Crippen molar-refractivity contribution in [2.24, 2.45) is 0 Å². The predicted molar refractivity (Wildman–Crippen MR) is 124 cm³/mol. The molecule has 7 heteroatoms. The Morgan fingerprint density at radius 1 is 1.06 bits per heavy atom. The first-order chi connectivity index (χ1) is 15.4. The number of para-hydroxylation sites is 1. The molecule has 0 aliphatic carbocycles. The van der Waals surface area contributed by atoms with E-state index >= 15 is 0 Å². The Kier molecular flexibility index (Phi) is 6.58. The second-order valence-electron chi connectivity index (χ2n) is 8.75. The molecule has 2 aliphatic heterocycles. The SMILES string of the molecule is CCC1(CC)C[C@H](NC(=O)c2cccc(S(=O)(=O)N3CCCCC3)c2)c2ccccc2O1. The number of amides is 1. The summed E-state index contributed by atoms with van der Waals surface area (Å²) in [5.41, 5.74) is 0.979. The Hall–Kier alpha value is -2.38. The van der Waals surface area contributed by atoms with Gasteiger partial charge in [0.25, 0.3) is 5.91 Å². The molecule has 172 valence electrons. The molecule has 0 aromatic heterocycles. The Bertz CT molecular complexity index is 1070. The maximum Gasteiger partial charge on any atom is 0.251 e. The molecule has 2 aliphatic rings. The Labute approximate surface area is 191 Å². The van der Waals surface area contributed by atoms with Crippen molar-refractivity contribution in [3.63, 3.8) is 0 Å². The molecule has 32 heavy (non-hydrogen) atoms. The summed E-state index contributed by atoms with van der Waals surface area (Å²) in [5, 5.41) is 3.15. The molecule has 1 fully saturated rings. The zero-order valence-electron chi connectivity index (χ0n) is 18.8. The standard InChI is InChI=1S/C25H32N2O4S/c1-3-25(4-2)18-22(21-13-6-7-14-23(21)31-25)26-24(28)19-11-10-12-20(17-19)32(29,30)27-15-8-5-9-16-27/h6-7,10-14,17,22H,3-5,8-9,15-16,18H2,1-2H3,(H,26,28)/t22-/m0/s1. The van der Waals surface area contributed by atoms with E-state index in [1.807, 2.05) is 24.3 Å². The summed E-state index contributed by atoms with van der Waals surface area (Å²) < 4.78 is 34.0. The monoisotopic (exact) mass is 456 g/mol. The van der Waals surface area contributed by atoms with Gasteiger partial charge in [-0.25, -0.2) is 8.42 Å². The number of rotatable bonds is 6. The number of fused-ring (bicyclic) bond motifs is 1. The lowest BCUT2D eigenvalue weighted by atomic mass is 9.83. The lowest BCUT2D eigenvalue weighted by Gasteiger charge is -2.41. The minimum Gasteiger partial charge on any atom is -0.487 e. The molecule has 1 saturated heterocycles. The van der Waals surface area contributed by atoms with Gasteiger partial charge in [-0.15, -0.1) is 0 Å². The van der Waals surface area contributed by atoms with Gasteiger partial charge in [0, 0.05) is 30.6 Å². The molecule has 6 nitrogen and oxygen atoms in total. The number of nitrogens with zero attached hydrogens (tertiary/aromatic N) is 1. The number of piperidine rings is 1. The topological polar surface area (TPSA) is 75.7 Å². The fourth-order valence-corrected chi connectivity index (χ4v) is 6.29. The van der Waals surface area contributed by atoms with Crippen molar-refractivity contribution in [2.45, 2.75) is 68.9 Å². The van der Waals surface area contributed by atoms with Crippen molar-refractivity contribution in [3.05, 3.63) is 59.7 Å². The van der Waals surface area contributed by atoms with Crippen LogP contribution in [0.1, 0.15) is 74.3 Å². The van der Waals surface area contributed by atoms with Gasteiger partial charge in [-0.05, 0) is 49.9 Å². The molecule has 2 aromatic carbocycles. The van der Waals surface area contributed by atoms with Crippen molar-refractivity contribution < 1.29 is 17.9 Å². The van der Waals surface area contributed by atoms with Crippen LogP contribution in [0, 0.1) is 0 Å². The minimum absolute atomic E-state index is 0.177. The Morgan fingerprint density at radius 2 is 1.78 bits per heavy atom. The molecule has 0 radical (unpaired) electrons. The maximum atomic E-state index is 13.2. The zero-order chi connectivity index (χ0) is 22.8. The van der Waals surface area contributed by atoms with Crippen LogP contribution in [-0.4, -0.2) is 37.3 Å². The minimum atomic E-state index is -3.59. The number of nitrogens with one attached hydrogen (secondary N) is 1. The highest BCUT2D eigenvalue weighted by atomic mass is 32.2. The summed E-state index contributed by atoms with van der Waals surface area (Å²) in [7, 11) is -3.59. The van der Waals surface area contributed by atoms with Crippen molar-refractivity contribution in [2.75, 3.05) is 13.1 Å². The summed E-state index contributed by atoms with van der Waals surface area (Å²) in [6, 6.07) is 14.0. The number of hydrogen-bond acceptors (Lipinski definition) is 4. The number of ether oxygens (including phenoxy) is 1. The van der Waals surface area contributed by atoms with Crippen LogP contribution in [0.15, 0.2) is 53.4 Å². The molecule has 1 atom stereocenters. The van der Waals surface area contributed by atoms with Gasteiger partial charge < -0.3 is 10.1 Å². The molecule has 1 amide bonds. The van der Waals surface area contributed by atoms with Crippen molar-refractivity contribution in [1.29, 1.82) is 0 Å². The average Bonchev–Trinajstić information content (AvgIpc) is 2.84. The van der Waals surface area contributed by atoms with Gasteiger partial charge in [-0.3, -0.25) is 4.79 Å². The fraction of sp³-hybridized carbons (Fsp3) is 0.480. The van der Waals surface area contributed by atoms with Gasteiger partial charge in [-0.2, -0.15) is 4.31 Å². The third-order valence-corrected chi connectivity index (χ3v) is 8.73. The van der Waals surface area contributed by atoms with E-state index in [1.54, 1.807) is 18.2 Å². The highest BCUT2D eigenvalue weighted by Crippen LogP contribution is 2.42. The Balaban J connectivity index is 1.58. The van der Waals surface area contributed by atoms with E-state index in [1.165, 1.54) is 10.4 Å². The number of carbonyl (C=O) groups is 1. The molecule has 4 rings (SSSR count). The molecule has 0 spiro atoms. The fourth-order valence-electron chi connectivity index (χ4n) is 4.72. The molecule has 1 N–H and O–H groups in total. The first kappa shape index (κ1) is 22.8. The van der Waals surface area contributed by atoms with Crippen LogP contribution in [0.5, 0.6) is 5.75 Å². The third kappa shape index (κ3) is 4.41. The van der Waals surface area contributed by atoms with E-state index < -0.39 is 10.0 Å². The van der Waals surface area contributed by atoms with Crippen LogP contribution in [0.3, 0.4) is 0 Å². The maximum absolute atomic E-state index is 13.2. The average molecular weight is 457 g/mol. The van der Waals surface area contributed by atoms with Crippen LogP contribution in [-0.2, 0) is 10.0 Å². The quantitative estimate of drug-likeness (QED) is 0.685. The van der Waals surface area contributed by atoms with Gasteiger partial charge in [-0.1, -0.05) is 44.5 Å². The molecule has 0 saturated carbocycles. The highest BCUT2D eigenvalue weighted by molar-refractivity contribution is 7.89. The second kappa shape index (κ2) is 9.24. The number of carbonyl (C=O) groups excluding carboxylic acids is 1. The molecule has 0 bridgehead atoms. The number of benzene rings is 2. The molecule has 2 heterocycles. The third-order valence-electron chi connectivity index (χ3n) is 6.84. The van der Waals surface area contributed by atoms with E-state index in [9.17, 15) is 13.2 Å². The summed E-state index contributed by atoms with van der Waals surface area (Å²) in [6.45, 7) is 5.28. The number of hydrogen-bond donors (Lipinski definition) is 1. The van der Waals surface area contributed by atoms with Crippen LogP contribution in [0.2, 0.25) is 0 Å². The van der Waals surface area contributed by atoms with Gasteiger partial charge in [0.1, 0.15) is 11.4 Å². The van der Waals surface area contributed by atoms with Crippen LogP contribution >= 0.6 is 0 Å². The van der Waals surface area contributed by atoms with E-state index in [4.69, 9.17) is 4.74 Å². The smallest absolute Gasteiger partial charge is 0.251 e. The Morgan fingerprint density at radius 3 is 2.50 bits per heavy atom. The molecule has 0 unspecified atom stereocenters. The molecule has 2 aromatic rings. The van der Waals surface area contributed by atoms with Crippen LogP contribution in [0.4, 0.5) is 0 Å². The van der Waals surface area contributed by atoms with Gasteiger partial charge in [0.2, 0.25) is 10.0 Å². The zero-order valence-corrected chi connectivity index (χ0v) is 19.7. The largest absolute Gasteiger partial charge is 0.487 e. The summed E-state index contributed by atoms with van der Waals surface area (Å²) in [5.74, 6) is 0.526. The number of sulfonamides is 1. The van der Waals surface area contributed by atoms with Crippen molar-refractivity contribution in [1.82, 2.24) is 9.62 Å². The predicted octanol–water partition coefficient (Wildman–Crippen LogP) is 4.67.